The van der Waals surface area contributed by atoms with Gasteiger partial charge in [-0.05, 0) is 27.7 Å². The standard InChI is InChI=1S/C9H19O4P/c1-5-11-9(4)8-14(10,12-6-2)13-7-3/h8H,5-7H2,1-4H3/b9-8-. The van der Waals surface area contributed by atoms with Crippen LogP contribution in [0.3, 0.4) is 0 Å². The Morgan fingerprint density at radius 1 is 1.14 bits per heavy atom. The summed E-state index contributed by atoms with van der Waals surface area (Å²) in [6.07, 6.45) is 0. The average Bonchev–Trinajstić information content (AvgIpc) is 2.04. The first-order valence-electron chi connectivity index (χ1n) is 4.79. The van der Waals surface area contributed by atoms with Crippen LogP contribution in [-0.4, -0.2) is 19.8 Å². The lowest BCUT2D eigenvalue weighted by Crippen LogP contribution is -1.95. The van der Waals surface area contributed by atoms with Crippen LogP contribution in [0.15, 0.2) is 11.6 Å². The Bertz CT molecular complexity index is 215. The molecular formula is C9H19O4P. The van der Waals surface area contributed by atoms with Crippen molar-refractivity contribution in [1.29, 1.82) is 0 Å². The summed E-state index contributed by atoms with van der Waals surface area (Å²) < 4.78 is 27.2. The minimum absolute atomic E-state index is 0.354. The van der Waals surface area contributed by atoms with Crippen LogP contribution in [0.5, 0.6) is 0 Å². The van der Waals surface area contributed by atoms with Gasteiger partial charge >= 0.3 is 7.60 Å². The zero-order valence-corrected chi connectivity index (χ0v) is 10.2. The summed E-state index contributed by atoms with van der Waals surface area (Å²) in [5.41, 5.74) is 0. The lowest BCUT2D eigenvalue weighted by Gasteiger charge is -2.14. The monoisotopic (exact) mass is 222 g/mol. The fourth-order valence-corrected chi connectivity index (χ4v) is 2.42. The average molecular weight is 222 g/mol. The van der Waals surface area contributed by atoms with Crippen molar-refractivity contribution in [2.45, 2.75) is 27.7 Å². The predicted molar refractivity (Wildman–Crippen MR) is 56.2 cm³/mol. The molecule has 0 aliphatic carbocycles. The molecule has 0 fully saturated rings. The summed E-state index contributed by atoms with van der Waals surface area (Å²) >= 11 is 0. The second kappa shape index (κ2) is 7.04. The van der Waals surface area contributed by atoms with E-state index in [4.69, 9.17) is 13.8 Å². The molecule has 0 N–H and O–H groups in total. The minimum Gasteiger partial charge on any atom is -0.498 e. The van der Waals surface area contributed by atoms with Gasteiger partial charge in [-0.3, -0.25) is 4.57 Å². The van der Waals surface area contributed by atoms with E-state index in [1.165, 1.54) is 5.82 Å². The topological polar surface area (TPSA) is 44.8 Å². The van der Waals surface area contributed by atoms with Gasteiger partial charge in [0.05, 0.1) is 25.6 Å². The summed E-state index contributed by atoms with van der Waals surface area (Å²) in [6.45, 7) is 8.39. The Balaban J connectivity index is 4.48. The molecule has 0 aliphatic rings. The molecule has 4 nitrogen and oxygen atoms in total. The van der Waals surface area contributed by atoms with Crippen LogP contribution in [0.25, 0.3) is 0 Å². The van der Waals surface area contributed by atoms with Crippen LogP contribution < -0.4 is 0 Å². The Morgan fingerprint density at radius 3 is 2.00 bits per heavy atom. The summed E-state index contributed by atoms with van der Waals surface area (Å²) in [6, 6.07) is 0. The Morgan fingerprint density at radius 2 is 1.64 bits per heavy atom. The van der Waals surface area contributed by atoms with Gasteiger partial charge in [-0.15, -0.1) is 0 Å². The van der Waals surface area contributed by atoms with Gasteiger partial charge in [0, 0.05) is 0 Å². The maximum absolute atomic E-state index is 11.9. The molecule has 14 heavy (non-hydrogen) atoms. The lowest BCUT2D eigenvalue weighted by molar-refractivity contribution is 0.217. The van der Waals surface area contributed by atoms with E-state index >= 15 is 0 Å². The third-order valence-electron chi connectivity index (χ3n) is 1.33. The highest BCUT2D eigenvalue weighted by atomic mass is 31.2. The van der Waals surface area contributed by atoms with Gasteiger partial charge in [-0.2, -0.15) is 0 Å². The number of hydrogen-bond donors (Lipinski definition) is 0. The molecule has 0 radical (unpaired) electrons. The third kappa shape index (κ3) is 5.43. The Labute approximate surface area is 85.8 Å². The van der Waals surface area contributed by atoms with Gasteiger partial charge < -0.3 is 13.8 Å². The molecule has 0 aromatic rings. The third-order valence-corrected chi connectivity index (χ3v) is 3.25. The van der Waals surface area contributed by atoms with Crippen LogP contribution in [0, 0.1) is 0 Å². The molecule has 84 valence electrons. The van der Waals surface area contributed by atoms with Crippen LogP contribution in [0.4, 0.5) is 0 Å². The molecule has 0 bridgehead atoms. The molecule has 0 heterocycles. The summed E-state index contributed by atoms with van der Waals surface area (Å²) in [7, 11) is -3.09. The molecule has 0 aliphatic heterocycles. The number of hydrogen-bond acceptors (Lipinski definition) is 4. The van der Waals surface area contributed by atoms with E-state index < -0.39 is 7.60 Å². The van der Waals surface area contributed by atoms with Crippen molar-refractivity contribution in [3.05, 3.63) is 11.6 Å². The molecule has 0 aromatic heterocycles. The smallest absolute Gasteiger partial charge is 0.357 e. The van der Waals surface area contributed by atoms with Crippen molar-refractivity contribution in [2.24, 2.45) is 0 Å². The van der Waals surface area contributed by atoms with E-state index in [2.05, 4.69) is 0 Å². The molecule has 0 amide bonds. The number of rotatable bonds is 7. The van der Waals surface area contributed by atoms with E-state index in [9.17, 15) is 4.57 Å². The van der Waals surface area contributed by atoms with Crippen molar-refractivity contribution < 1.29 is 18.3 Å². The van der Waals surface area contributed by atoms with Gasteiger partial charge in [0.25, 0.3) is 0 Å². The van der Waals surface area contributed by atoms with Crippen molar-refractivity contribution >= 4 is 7.60 Å². The van der Waals surface area contributed by atoms with Crippen molar-refractivity contribution in [3.63, 3.8) is 0 Å². The molecule has 0 saturated carbocycles. The summed E-state index contributed by atoms with van der Waals surface area (Å²) in [5, 5.41) is 0. The highest BCUT2D eigenvalue weighted by molar-refractivity contribution is 7.57. The minimum atomic E-state index is -3.09. The number of ether oxygens (including phenoxy) is 1. The highest BCUT2D eigenvalue weighted by Gasteiger charge is 2.20. The first-order chi connectivity index (χ1) is 6.58. The van der Waals surface area contributed by atoms with Gasteiger partial charge in [0.2, 0.25) is 0 Å². The quantitative estimate of drug-likeness (QED) is 0.490. The van der Waals surface area contributed by atoms with E-state index in [1.807, 2.05) is 6.92 Å². The van der Waals surface area contributed by atoms with Crippen molar-refractivity contribution in [2.75, 3.05) is 19.8 Å². The predicted octanol–water partition coefficient (Wildman–Crippen LogP) is 3.15. The van der Waals surface area contributed by atoms with Gasteiger partial charge in [0.1, 0.15) is 5.76 Å². The maximum Gasteiger partial charge on any atom is 0.357 e. The summed E-state index contributed by atoms with van der Waals surface area (Å²) in [4.78, 5) is 0. The molecule has 0 spiro atoms. The number of allylic oxidation sites excluding steroid dienone is 1. The van der Waals surface area contributed by atoms with Crippen molar-refractivity contribution in [3.8, 4) is 0 Å². The lowest BCUT2D eigenvalue weighted by atomic mass is 10.6. The second-order valence-corrected chi connectivity index (χ2v) is 4.40. The first kappa shape index (κ1) is 13.7. The normalized spacial score (nSPS) is 13.0. The Hall–Kier alpha value is -0.310. The van der Waals surface area contributed by atoms with E-state index in [0.29, 0.717) is 25.6 Å². The molecule has 0 atom stereocenters. The zero-order valence-electron chi connectivity index (χ0n) is 9.28. The van der Waals surface area contributed by atoms with Crippen LogP contribution in [0.1, 0.15) is 27.7 Å². The highest BCUT2D eigenvalue weighted by Crippen LogP contribution is 2.50. The van der Waals surface area contributed by atoms with E-state index in [-0.39, 0.29) is 0 Å². The SMILES string of the molecule is CCO/C(C)=C\P(=O)(OCC)OCC. The van der Waals surface area contributed by atoms with E-state index in [1.54, 1.807) is 20.8 Å². The molecule has 5 heteroatoms. The Kier molecular flexibility index (Phi) is 6.89. The molecule has 0 rings (SSSR count). The van der Waals surface area contributed by atoms with Crippen LogP contribution in [-0.2, 0) is 18.3 Å². The second-order valence-electron chi connectivity index (χ2n) is 2.55. The fourth-order valence-electron chi connectivity index (χ4n) is 0.959. The van der Waals surface area contributed by atoms with E-state index in [0.717, 1.165) is 0 Å². The largest absolute Gasteiger partial charge is 0.498 e. The molecule has 0 saturated heterocycles. The fraction of sp³-hybridized carbons (Fsp3) is 0.778. The molecule has 0 unspecified atom stereocenters. The van der Waals surface area contributed by atoms with Gasteiger partial charge in [-0.1, -0.05) is 0 Å². The maximum atomic E-state index is 11.9. The molecular weight excluding hydrogens is 203 g/mol. The van der Waals surface area contributed by atoms with Gasteiger partial charge in [0.15, 0.2) is 0 Å². The molecule has 0 aromatic carbocycles. The van der Waals surface area contributed by atoms with Crippen molar-refractivity contribution in [1.82, 2.24) is 0 Å². The summed E-state index contributed by atoms with van der Waals surface area (Å²) in [5.74, 6) is 1.99. The van der Waals surface area contributed by atoms with Crippen LogP contribution in [0.2, 0.25) is 0 Å². The van der Waals surface area contributed by atoms with Crippen LogP contribution >= 0.6 is 7.60 Å². The van der Waals surface area contributed by atoms with Gasteiger partial charge in [-0.25, -0.2) is 0 Å². The first-order valence-corrected chi connectivity index (χ1v) is 6.40. The zero-order chi connectivity index (χ0) is 11.0.